The molecule has 1 rings (SSSR count). The Kier molecular flexibility index (Phi) is 6.00. The normalized spacial score (nSPS) is 15.9. The summed E-state index contributed by atoms with van der Waals surface area (Å²) in [5.74, 6) is 0.574. The summed E-state index contributed by atoms with van der Waals surface area (Å²) in [4.78, 5) is 0. The van der Waals surface area contributed by atoms with E-state index in [4.69, 9.17) is 0 Å². The van der Waals surface area contributed by atoms with Gasteiger partial charge < -0.3 is 5.32 Å². The predicted molar refractivity (Wildman–Crippen MR) is 81.0 cm³/mol. The SMILES string of the molecule is CN/C(=C\C=C/C(C)C(C)P)c1ccccc1. The molecule has 0 spiro atoms. The lowest BCUT2D eigenvalue weighted by molar-refractivity contribution is 0.716. The average Bonchev–Trinajstić information content (AvgIpc) is 2.35. The van der Waals surface area contributed by atoms with Crippen molar-refractivity contribution in [2.45, 2.75) is 19.5 Å². The summed E-state index contributed by atoms with van der Waals surface area (Å²) < 4.78 is 0. The van der Waals surface area contributed by atoms with Gasteiger partial charge in [-0.15, -0.1) is 9.24 Å². The van der Waals surface area contributed by atoms with Crippen molar-refractivity contribution < 1.29 is 0 Å². The molecular formula is C15H22NP. The second-order valence-electron chi connectivity index (χ2n) is 4.30. The Bertz CT molecular complexity index is 379. The Hall–Kier alpha value is -1.07. The lowest BCUT2D eigenvalue weighted by Crippen LogP contribution is -2.04. The van der Waals surface area contributed by atoms with Gasteiger partial charge in [-0.2, -0.15) is 0 Å². The number of hydrogen-bond acceptors (Lipinski definition) is 1. The molecule has 0 aliphatic carbocycles. The molecule has 0 amide bonds. The first-order valence-corrected chi connectivity index (χ1v) is 6.69. The molecule has 17 heavy (non-hydrogen) atoms. The molecule has 0 aliphatic rings. The van der Waals surface area contributed by atoms with E-state index in [0.717, 1.165) is 5.70 Å². The first kappa shape index (κ1) is 14.0. The minimum absolute atomic E-state index is 0.574. The van der Waals surface area contributed by atoms with Gasteiger partial charge in [-0.3, -0.25) is 0 Å². The maximum absolute atomic E-state index is 3.23. The highest BCUT2D eigenvalue weighted by molar-refractivity contribution is 7.17. The van der Waals surface area contributed by atoms with Crippen LogP contribution < -0.4 is 5.32 Å². The minimum Gasteiger partial charge on any atom is -0.388 e. The Morgan fingerprint density at radius 2 is 1.88 bits per heavy atom. The molecule has 0 saturated heterocycles. The second-order valence-corrected chi connectivity index (χ2v) is 5.35. The summed E-state index contributed by atoms with van der Waals surface area (Å²) in [6, 6.07) is 10.4. The molecule has 0 aromatic heterocycles. The maximum Gasteiger partial charge on any atom is 0.0411 e. The van der Waals surface area contributed by atoms with Gasteiger partial charge in [-0.1, -0.05) is 56.3 Å². The average molecular weight is 247 g/mol. The van der Waals surface area contributed by atoms with Gasteiger partial charge in [-0.05, 0) is 23.2 Å². The third kappa shape index (κ3) is 4.75. The molecule has 2 heteroatoms. The summed E-state index contributed by atoms with van der Waals surface area (Å²) >= 11 is 0. The molecule has 92 valence electrons. The highest BCUT2D eigenvalue weighted by Gasteiger charge is 2.01. The fraction of sp³-hybridized carbons (Fsp3) is 0.333. The van der Waals surface area contributed by atoms with E-state index < -0.39 is 0 Å². The molecule has 3 unspecified atom stereocenters. The molecule has 1 aromatic carbocycles. The highest BCUT2D eigenvalue weighted by atomic mass is 31.0. The lowest BCUT2D eigenvalue weighted by Gasteiger charge is -2.09. The molecule has 0 fully saturated rings. The van der Waals surface area contributed by atoms with E-state index in [9.17, 15) is 0 Å². The Morgan fingerprint density at radius 1 is 1.24 bits per heavy atom. The van der Waals surface area contributed by atoms with Gasteiger partial charge in [0.05, 0.1) is 0 Å². The third-order valence-corrected chi connectivity index (χ3v) is 3.47. The molecule has 0 heterocycles. The fourth-order valence-corrected chi connectivity index (χ4v) is 1.57. The van der Waals surface area contributed by atoms with Crippen LogP contribution in [0.3, 0.4) is 0 Å². The van der Waals surface area contributed by atoms with Crippen LogP contribution in [0.4, 0.5) is 0 Å². The van der Waals surface area contributed by atoms with E-state index in [-0.39, 0.29) is 0 Å². The van der Waals surface area contributed by atoms with Crippen molar-refractivity contribution in [2.75, 3.05) is 7.05 Å². The third-order valence-electron chi connectivity index (χ3n) is 2.86. The largest absolute Gasteiger partial charge is 0.388 e. The van der Waals surface area contributed by atoms with Crippen LogP contribution in [-0.2, 0) is 0 Å². The number of benzene rings is 1. The van der Waals surface area contributed by atoms with Crippen LogP contribution in [0.25, 0.3) is 5.70 Å². The minimum atomic E-state index is 0.574. The van der Waals surface area contributed by atoms with E-state index >= 15 is 0 Å². The summed E-state index contributed by atoms with van der Waals surface area (Å²) in [7, 11) is 4.79. The smallest absolute Gasteiger partial charge is 0.0411 e. The molecular weight excluding hydrogens is 225 g/mol. The molecule has 0 radical (unpaired) electrons. The second kappa shape index (κ2) is 7.29. The van der Waals surface area contributed by atoms with Crippen LogP contribution in [0.5, 0.6) is 0 Å². The van der Waals surface area contributed by atoms with Gasteiger partial charge in [-0.25, -0.2) is 0 Å². The zero-order valence-electron chi connectivity index (χ0n) is 10.9. The molecule has 1 nitrogen and oxygen atoms in total. The number of rotatable bonds is 5. The van der Waals surface area contributed by atoms with Crippen LogP contribution in [0.15, 0.2) is 48.6 Å². The van der Waals surface area contributed by atoms with Crippen LogP contribution in [0.1, 0.15) is 19.4 Å². The van der Waals surface area contributed by atoms with Gasteiger partial charge >= 0.3 is 0 Å². The summed E-state index contributed by atoms with van der Waals surface area (Å²) in [6.45, 7) is 4.43. The highest BCUT2D eigenvalue weighted by Crippen LogP contribution is 2.14. The Labute approximate surface area is 107 Å². The standard InChI is InChI=1S/C15H22NP/c1-12(13(2)17)8-7-11-15(16-3)14-9-5-4-6-10-14/h4-13,16H,17H2,1-3H3/b8-7-,15-11-. The van der Waals surface area contributed by atoms with E-state index in [1.165, 1.54) is 5.56 Å². The van der Waals surface area contributed by atoms with Crippen LogP contribution in [0, 0.1) is 5.92 Å². The summed E-state index contributed by atoms with van der Waals surface area (Å²) in [5.41, 5.74) is 2.96. The first-order chi connectivity index (χ1) is 8.15. The predicted octanol–water partition coefficient (Wildman–Crippen LogP) is 3.70. The summed E-state index contributed by atoms with van der Waals surface area (Å²) in [5, 5.41) is 3.23. The fourth-order valence-electron chi connectivity index (χ4n) is 1.44. The van der Waals surface area contributed by atoms with Crippen molar-refractivity contribution in [1.82, 2.24) is 5.32 Å². The van der Waals surface area contributed by atoms with E-state index in [1.807, 2.05) is 13.1 Å². The molecule has 1 N–H and O–H groups in total. The molecule has 0 bridgehead atoms. The van der Waals surface area contributed by atoms with Crippen molar-refractivity contribution in [3.63, 3.8) is 0 Å². The van der Waals surface area contributed by atoms with Crippen molar-refractivity contribution in [3.8, 4) is 0 Å². The summed E-state index contributed by atoms with van der Waals surface area (Å²) in [6.07, 6.45) is 6.49. The molecule has 0 saturated carbocycles. The van der Waals surface area contributed by atoms with E-state index in [1.54, 1.807) is 0 Å². The number of hydrogen-bond donors (Lipinski definition) is 1. The zero-order valence-corrected chi connectivity index (χ0v) is 12.0. The first-order valence-electron chi connectivity index (χ1n) is 6.02. The van der Waals surface area contributed by atoms with Gasteiger partial charge in [0.25, 0.3) is 0 Å². The molecule has 0 aliphatic heterocycles. The quantitative estimate of drug-likeness (QED) is 0.618. The van der Waals surface area contributed by atoms with Crippen molar-refractivity contribution in [3.05, 3.63) is 54.1 Å². The maximum atomic E-state index is 3.23. The van der Waals surface area contributed by atoms with Gasteiger partial charge in [0.15, 0.2) is 0 Å². The topological polar surface area (TPSA) is 12.0 Å². The van der Waals surface area contributed by atoms with Gasteiger partial charge in [0, 0.05) is 12.7 Å². The Morgan fingerprint density at radius 3 is 2.41 bits per heavy atom. The number of nitrogens with one attached hydrogen (secondary N) is 1. The van der Waals surface area contributed by atoms with Gasteiger partial charge in [0.1, 0.15) is 0 Å². The van der Waals surface area contributed by atoms with Crippen LogP contribution in [0.2, 0.25) is 0 Å². The van der Waals surface area contributed by atoms with E-state index in [2.05, 4.69) is 70.9 Å². The monoisotopic (exact) mass is 247 g/mol. The Balaban J connectivity index is 2.75. The number of allylic oxidation sites excluding steroid dienone is 3. The lowest BCUT2D eigenvalue weighted by atomic mass is 10.1. The molecule has 3 atom stereocenters. The van der Waals surface area contributed by atoms with E-state index in [0.29, 0.717) is 11.6 Å². The van der Waals surface area contributed by atoms with Crippen molar-refractivity contribution in [1.29, 1.82) is 0 Å². The van der Waals surface area contributed by atoms with Crippen molar-refractivity contribution >= 4 is 14.9 Å². The molecule has 1 aromatic rings. The zero-order chi connectivity index (χ0) is 12.7. The van der Waals surface area contributed by atoms with Crippen LogP contribution >= 0.6 is 9.24 Å². The van der Waals surface area contributed by atoms with Gasteiger partial charge in [0.2, 0.25) is 0 Å². The van der Waals surface area contributed by atoms with Crippen molar-refractivity contribution in [2.24, 2.45) is 5.92 Å². The van der Waals surface area contributed by atoms with Crippen LogP contribution in [-0.4, -0.2) is 12.7 Å².